The second kappa shape index (κ2) is 8.98. The Kier molecular flexibility index (Phi) is 6.64. The van der Waals surface area contributed by atoms with E-state index in [2.05, 4.69) is 10.3 Å². The van der Waals surface area contributed by atoms with Crippen LogP contribution in [0, 0.1) is 23.7 Å². The molecule has 154 valence electrons. The molecule has 4 N–H and O–H groups in total. The number of hydrogen-bond acceptors (Lipinski definition) is 6. The molecule has 1 saturated heterocycles. The third-order valence-electron chi connectivity index (χ3n) is 6.21. The number of likely N-dealkylation sites (tertiary alicyclic amines) is 1. The van der Waals surface area contributed by atoms with Crippen LogP contribution in [0.1, 0.15) is 12.6 Å². The van der Waals surface area contributed by atoms with Crippen LogP contribution in [0.5, 0.6) is 0 Å². The second-order valence-corrected chi connectivity index (χ2v) is 7.87. The smallest absolute Gasteiger partial charge is 0.248 e. The zero-order valence-corrected chi connectivity index (χ0v) is 16.5. The van der Waals surface area contributed by atoms with Crippen molar-refractivity contribution in [3.8, 4) is 0 Å². The molecular formula is C20H30N4O4. The maximum absolute atomic E-state index is 13.0. The number of nitrogens with one attached hydrogen (secondary N) is 1. The summed E-state index contributed by atoms with van der Waals surface area (Å²) in [5.41, 5.74) is 7.16. The Morgan fingerprint density at radius 1 is 1.36 bits per heavy atom. The topological polar surface area (TPSA) is 118 Å². The molecular weight excluding hydrogens is 360 g/mol. The monoisotopic (exact) mass is 390 g/mol. The summed E-state index contributed by atoms with van der Waals surface area (Å²) in [7, 11) is 1.48. The first kappa shape index (κ1) is 20.7. The number of aliphatic hydroxyl groups excluding tert-OH is 1. The molecule has 8 nitrogen and oxygen atoms in total. The summed E-state index contributed by atoms with van der Waals surface area (Å²) >= 11 is 0. The molecule has 8 heteroatoms. The molecule has 2 aliphatic rings. The van der Waals surface area contributed by atoms with Crippen molar-refractivity contribution in [2.24, 2.45) is 29.4 Å². The summed E-state index contributed by atoms with van der Waals surface area (Å²) in [6, 6.07) is 5.21. The van der Waals surface area contributed by atoms with Gasteiger partial charge in [0.15, 0.2) is 0 Å². The van der Waals surface area contributed by atoms with E-state index in [0.717, 1.165) is 5.69 Å². The number of methoxy groups -OCH3 is 1. The number of nitrogens with zero attached hydrogens (tertiary/aromatic N) is 2. The maximum atomic E-state index is 13.0. The summed E-state index contributed by atoms with van der Waals surface area (Å²) < 4.78 is 4.94. The third-order valence-corrected chi connectivity index (χ3v) is 6.21. The first-order valence-corrected chi connectivity index (χ1v) is 9.82. The zero-order valence-electron chi connectivity index (χ0n) is 16.5. The van der Waals surface area contributed by atoms with Crippen LogP contribution in [0.15, 0.2) is 24.4 Å². The molecule has 0 spiro atoms. The molecule has 2 amide bonds. The molecule has 3 rings (SSSR count). The Morgan fingerprint density at radius 2 is 2.11 bits per heavy atom. The summed E-state index contributed by atoms with van der Waals surface area (Å²) in [6.07, 6.45) is 1.66. The molecule has 0 unspecified atom stereocenters. The van der Waals surface area contributed by atoms with Gasteiger partial charge in [0.1, 0.15) is 6.61 Å². The fourth-order valence-electron chi connectivity index (χ4n) is 4.65. The van der Waals surface area contributed by atoms with Crippen molar-refractivity contribution in [2.45, 2.75) is 25.5 Å². The summed E-state index contributed by atoms with van der Waals surface area (Å²) in [5, 5.41) is 13.6. The average Bonchev–Trinajstić information content (AvgIpc) is 3.12. The molecule has 0 radical (unpaired) electrons. The van der Waals surface area contributed by atoms with Crippen molar-refractivity contribution in [3.05, 3.63) is 30.1 Å². The molecule has 0 aromatic carbocycles. The number of aliphatic hydroxyl groups is 1. The average molecular weight is 390 g/mol. The Balaban J connectivity index is 1.67. The summed E-state index contributed by atoms with van der Waals surface area (Å²) in [6.45, 7) is 3.25. The van der Waals surface area contributed by atoms with Crippen LogP contribution >= 0.6 is 0 Å². The molecule has 1 saturated carbocycles. The lowest BCUT2D eigenvalue weighted by molar-refractivity contribution is -0.136. The molecule has 28 heavy (non-hydrogen) atoms. The fourth-order valence-corrected chi connectivity index (χ4v) is 4.65. The van der Waals surface area contributed by atoms with Crippen LogP contribution in [-0.4, -0.2) is 72.3 Å². The lowest BCUT2D eigenvalue weighted by Gasteiger charge is -2.43. The van der Waals surface area contributed by atoms with Crippen LogP contribution in [0.4, 0.5) is 0 Å². The van der Waals surface area contributed by atoms with E-state index in [1.54, 1.807) is 11.1 Å². The standard InChI is InChI=1S/C20H30N4O4/c1-12-17(20(27)23-8-6-13-5-3-4-7-22-13)14-9-24(16(25)11-28-2)10-15(14)19(26)18(12)21/h3-5,7,12,14-15,17-19,26H,6,8-11,21H2,1-2H3,(H,23,27)/t12-,14+,15+,17+,18+,19+/m1/s1. The highest BCUT2D eigenvalue weighted by Crippen LogP contribution is 2.43. The maximum Gasteiger partial charge on any atom is 0.248 e. The Morgan fingerprint density at radius 3 is 2.79 bits per heavy atom. The van der Waals surface area contributed by atoms with Crippen molar-refractivity contribution in [2.75, 3.05) is 33.4 Å². The van der Waals surface area contributed by atoms with Gasteiger partial charge in [0.2, 0.25) is 11.8 Å². The Hall–Kier alpha value is -2.03. The predicted molar refractivity (Wildman–Crippen MR) is 103 cm³/mol. The number of fused-ring (bicyclic) bond motifs is 1. The molecule has 0 bridgehead atoms. The van der Waals surface area contributed by atoms with E-state index in [-0.39, 0.29) is 42.1 Å². The first-order chi connectivity index (χ1) is 13.4. The molecule has 1 aromatic rings. The number of hydrogen-bond donors (Lipinski definition) is 3. The van der Waals surface area contributed by atoms with Crippen molar-refractivity contribution in [1.82, 2.24) is 15.2 Å². The summed E-state index contributed by atoms with van der Waals surface area (Å²) in [5.74, 6) is -1.02. The highest BCUT2D eigenvalue weighted by atomic mass is 16.5. The SMILES string of the molecule is COCC(=O)N1C[C@@H]2[C@H](O)[C@@H](N)[C@H](C)[C@H](C(=O)NCCc3ccccn3)[C@H]2C1. The predicted octanol–water partition coefficient (Wildman–Crippen LogP) is -0.585. The van der Waals surface area contributed by atoms with E-state index in [0.29, 0.717) is 26.1 Å². The van der Waals surface area contributed by atoms with Crippen LogP contribution < -0.4 is 11.1 Å². The van der Waals surface area contributed by atoms with E-state index in [1.165, 1.54) is 7.11 Å². The van der Waals surface area contributed by atoms with E-state index in [1.807, 2.05) is 25.1 Å². The minimum Gasteiger partial charge on any atom is -0.391 e. The number of rotatable bonds is 6. The molecule has 6 atom stereocenters. The summed E-state index contributed by atoms with van der Waals surface area (Å²) in [4.78, 5) is 31.2. The van der Waals surface area contributed by atoms with Crippen LogP contribution in [0.3, 0.4) is 0 Å². The van der Waals surface area contributed by atoms with Gasteiger partial charge in [-0.25, -0.2) is 0 Å². The van der Waals surface area contributed by atoms with Crippen LogP contribution in [-0.2, 0) is 20.7 Å². The van der Waals surface area contributed by atoms with Crippen molar-refractivity contribution < 1.29 is 19.4 Å². The third kappa shape index (κ3) is 4.19. The van der Waals surface area contributed by atoms with Gasteiger partial charge in [0, 0.05) is 62.9 Å². The van der Waals surface area contributed by atoms with Crippen molar-refractivity contribution >= 4 is 11.8 Å². The van der Waals surface area contributed by atoms with Gasteiger partial charge in [-0.15, -0.1) is 0 Å². The number of ether oxygens (including phenoxy) is 1. The van der Waals surface area contributed by atoms with Crippen molar-refractivity contribution in [1.29, 1.82) is 0 Å². The fraction of sp³-hybridized carbons (Fsp3) is 0.650. The molecule has 1 aromatic heterocycles. The lowest BCUT2D eigenvalue weighted by atomic mass is 9.64. The Labute approximate surface area is 165 Å². The number of aromatic nitrogens is 1. The number of pyridine rings is 1. The van der Waals surface area contributed by atoms with Gasteiger partial charge in [0.05, 0.1) is 6.10 Å². The minimum absolute atomic E-state index is 0.00190. The molecule has 2 heterocycles. The van der Waals surface area contributed by atoms with E-state index in [9.17, 15) is 14.7 Å². The highest BCUT2D eigenvalue weighted by molar-refractivity contribution is 5.81. The van der Waals surface area contributed by atoms with E-state index < -0.39 is 12.1 Å². The van der Waals surface area contributed by atoms with Gasteiger partial charge < -0.3 is 25.8 Å². The van der Waals surface area contributed by atoms with Crippen LogP contribution in [0.2, 0.25) is 0 Å². The second-order valence-electron chi connectivity index (χ2n) is 7.87. The van der Waals surface area contributed by atoms with E-state index in [4.69, 9.17) is 10.5 Å². The highest BCUT2D eigenvalue weighted by Gasteiger charge is 2.53. The number of carbonyl (C=O) groups excluding carboxylic acids is 2. The van der Waals surface area contributed by atoms with Gasteiger partial charge in [-0.1, -0.05) is 13.0 Å². The van der Waals surface area contributed by atoms with E-state index >= 15 is 0 Å². The van der Waals surface area contributed by atoms with Gasteiger partial charge in [0.25, 0.3) is 0 Å². The zero-order chi connectivity index (χ0) is 20.3. The Bertz CT molecular complexity index is 686. The van der Waals surface area contributed by atoms with Gasteiger partial charge >= 0.3 is 0 Å². The van der Waals surface area contributed by atoms with Gasteiger partial charge in [-0.05, 0) is 24.0 Å². The van der Waals surface area contributed by atoms with Crippen molar-refractivity contribution in [3.63, 3.8) is 0 Å². The van der Waals surface area contributed by atoms with Gasteiger partial charge in [-0.3, -0.25) is 14.6 Å². The quantitative estimate of drug-likeness (QED) is 0.598. The normalized spacial score (nSPS) is 32.1. The molecule has 1 aliphatic carbocycles. The number of nitrogens with two attached hydrogens (primary N) is 1. The number of carbonyl (C=O) groups is 2. The lowest BCUT2D eigenvalue weighted by Crippen LogP contribution is -2.58. The number of amides is 2. The van der Waals surface area contributed by atoms with Gasteiger partial charge in [-0.2, -0.15) is 0 Å². The minimum atomic E-state index is -0.724. The molecule has 1 aliphatic heterocycles. The molecule has 2 fully saturated rings. The largest absolute Gasteiger partial charge is 0.391 e. The first-order valence-electron chi connectivity index (χ1n) is 9.82. The van der Waals surface area contributed by atoms with Crippen LogP contribution in [0.25, 0.3) is 0 Å².